The summed E-state index contributed by atoms with van der Waals surface area (Å²) in [6, 6.07) is 8.21. The van der Waals surface area contributed by atoms with E-state index in [1.165, 1.54) is 12.8 Å². The average molecular weight is 247 g/mol. The molecule has 98 valence electrons. The summed E-state index contributed by atoms with van der Waals surface area (Å²) in [5, 5.41) is 9.63. The van der Waals surface area contributed by atoms with Gasteiger partial charge < -0.3 is 16.0 Å². The molecule has 1 amide bonds. The lowest BCUT2D eigenvalue weighted by atomic mass is 10.2. The predicted octanol–water partition coefficient (Wildman–Crippen LogP) is 1.60. The molecule has 0 saturated carbocycles. The Hall–Kier alpha value is -1.55. The SMILES string of the molecule is CCNC(=O)c1ccc(NCC2CCCN2)cc1. The maximum absolute atomic E-state index is 11.6. The molecule has 1 aromatic carbocycles. The Morgan fingerprint density at radius 1 is 1.39 bits per heavy atom. The summed E-state index contributed by atoms with van der Waals surface area (Å²) in [5.74, 6) is -0.0125. The molecule has 3 N–H and O–H groups in total. The maximum atomic E-state index is 11.6. The number of anilines is 1. The fraction of sp³-hybridized carbons (Fsp3) is 0.500. The second-order valence-corrected chi connectivity index (χ2v) is 4.61. The molecule has 0 spiro atoms. The zero-order valence-electron chi connectivity index (χ0n) is 10.8. The highest BCUT2D eigenvalue weighted by atomic mass is 16.1. The van der Waals surface area contributed by atoms with Gasteiger partial charge in [-0.3, -0.25) is 4.79 Å². The van der Waals surface area contributed by atoms with E-state index in [9.17, 15) is 4.79 Å². The molecule has 1 aliphatic rings. The summed E-state index contributed by atoms with van der Waals surface area (Å²) >= 11 is 0. The van der Waals surface area contributed by atoms with Gasteiger partial charge in [0.15, 0.2) is 0 Å². The number of amides is 1. The van der Waals surface area contributed by atoms with Crippen LogP contribution in [-0.4, -0.2) is 31.6 Å². The lowest BCUT2D eigenvalue weighted by Gasteiger charge is -2.12. The van der Waals surface area contributed by atoms with Crippen LogP contribution in [0.2, 0.25) is 0 Å². The monoisotopic (exact) mass is 247 g/mol. The number of benzene rings is 1. The Kier molecular flexibility index (Phi) is 4.59. The van der Waals surface area contributed by atoms with E-state index in [0.717, 1.165) is 18.8 Å². The summed E-state index contributed by atoms with van der Waals surface area (Å²) in [6.45, 7) is 4.65. The molecule has 4 heteroatoms. The summed E-state index contributed by atoms with van der Waals surface area (Å²) < 4.78 is 0. The van der Waals surface area contributed by atoms with E-state index in [-0.39, 0.29) is 5.91 Å². The highest BCUT2D eigenvalue weighted by Crippen LogP contribution is 2.11. The number of hydrogen-bond acceptors (Lipinski definition) is 3. The number of nitrogens with one attached hydrogen (secondary N) is 3. The summed E-state index contributed by atoms with van der Waals surface area (Å²) in [4.78, 5) is 11.6. The lowest BCUT2D eigenvalue weighted by molar-refractivity contribution is 0.0956. The van der Waals surface area contributed by atoms with Gasteiger partial charge in [0.25, 0.3) is 5.91 Å². The molecule has 0 aromatic heterocycles. The second kappa shape index (κ2) is 6.40. The van der Waals surface area contributed by atoms with E-state index in [1.807, 2.05) is 31.2 Å². The van der Waals surface area contributed by atoms with Crippen molar-refractivity contribution in [1.29, 1.82) is 0 Å². The van der Waals surface area contributed by atoms with Crippen LogP contribution in [0.5, 0.6) is 0 Å². The minimum Gasteiger partial charge on any atom is -0.383 e. The summed E-state index contributed by atoms with van der Waals surface area (Å²) in [6.07, 6.45) is 2.51. The molecule has 2 rings (SSSR count). The molecule has 1 fully saturated rings. The molecule has 1 aromatic rings. The van der Waals surface area contributed by atoms with E-state index in [4.69, 9.17) is 0 Å². The molecule has 1 aliphatic heterocycles. The van der Waals surface area contributed by atoms with Crippen molar-refractivity contribution < 1.29 is 4.79 Å². The van der Waals surface area contributed by atoms with Crippen LogP contribution in [0.3, 0.4) is 0 Å². The third-order valence-electron chi connectivity index (χ3n) is 3.20. The Bertz CT molecular complexity index is 383. The first-order chi connectivity index (χ1) is 8.79. The van der Waals surface area contributed by atoms with Crippen LogP contribution in [0.15, 0.2) is 24.3 Å². The first-order valence-electron chi connectivity index (χ1n) is 6.65. The molecule has 0 radical (unpaired) electrons. The summed E-state index contributed by atoms with van der Waals surface area (Å²) in [5.41, 5.74) is 1.78. The molecule has 1 heterocycles. The molecule has 0 aliphatic carbocycles. The van der Waals surface area contributed by atoms with Gasteiger partial charge in [-0.25, -0.2) is 0 Å². The molecular weight excluding hydrogens is 226 g/mol. The van der Waals surface area contributed by atoms with Crippen LogP contribution in [0, 0.1) is 0 Å². The van der Waals surface area contributed by atoms with Crippen molar-refractivity contribution in [2.24, 2.45) is 0 Å². The van der Waals surface area contributed by atoms with Crippen LogP contribution in [-0.2, 0) is 0 Å². The highest BCUT2D eigenvalue weighted by molar-refractivity contribution is 5.94. The first kappa shape index (κ1) is 12.9. The average Bonchev–Trinajstić information content (AvgIpc) is 2.90. The van der Waals surface area contributed by atoms with Crippen molar-refractivity contribution >= 4 is 11.6 Å². The van der Waals surface area contributed by atoms with Gasteiger partial charge in [0.2, 0.25) is 0 Å². The van der Waals surface area contributed by atoms with E-state index < -0.39 is 0 Å². The van der Waals surface area contributed by atoms with E-state index in [2.05, 4.69) is 16.0 Å². The lowest BCUT2D eigenvalue weighted by Crippen LogP contribution is -2.29. The van der Waals surface area contributed by atoms with Gasteiger partial charge in [0, 0.05) is 30.4 Å². The van der Waals surface area contributed by atoms with Gasteiger partial charge >= 0.3 is 0 Å². The standard InChI is InChI=1S/C14H21N3O/c1-2-15-14(18)11-5-7-12(8-6-11)17-10-13-4-3-9-16-13/h5-8,13,16-17H,2-4,9-10H2,1H3,(H,15,18). The van der Waals surface area contributed by atoms with Gasteiger partial charge in [0.1, 0.15) is 0 Å². The predicted molar refractivity (Wildman–Crippen MR) is 74.0 cm³/mol. The van der Waals surface area contributed by atoms with Crippen molar-refractivity contribution in [3.05, 3.63) is 29.8 Å². The Labute approximate surface area is 108 Å². The van der Waals surface area contributed by atoms with Crippen LogP contribution < -0.4 is 16.0 Å². The Morgan fingerprint density at radius 2 is 2.17 bits per heavy atom. The smallest absolute Gasteiger partial charge is 0.251 e. The molecular formula is C14H21N3O. The van der Waals surface area contributed by atoms with Gasteiger partial charge in [0.05, 0.1) is 0 Å². The van der Waals surface area contributed by atoms with Crippen LogP contribution >= 0.6 is 0 Å². The van der Waals surface area contributed by atoms with Crippen molar-refractivity contribution in [1.82, 2.24) is 10.6 Å². The zero-order valence-corrected chi connectivity index (χ0v) is 10.8. The van der Waals surface area contributed by atoms with Crippen LogP contribution in [0.4, 0.5) is 5.69 Å². The fourth-order valence-electron chi connectivity index (χ4n) is 2.17. The Balaban J connectivity index is 1.85. The molecule has 1 unspecified atom stereocenters. The van der Waals surface area contributed by atoms with E-state index >= 15 is 0 Å². The normalized spacial score (nSPS) is 18.6. The van der Waals surface area contributed by atoms with Crippen molar-refractivity contribution in [2.45, 2.75) is 25.8 Å². The largest absolute Gasteiger partial charge is 0.383 e. The van der Waals surface area contributed by atoms with E-state index in [1.54, 1.807) is 0 Å². The number of hydrogen-bond donors (Lipinski definition) is 3. The molecule has 1 atom stereocenters. The van der Waals surface area contributed by atoms with Crippen molar-refractivity contribution in [3.8, 4) is 0 Å². The first-order valence-corrected chi connectivity index (χ1v) is 6.65. The van der Waals surface area contributed by atoms with Gasteiger partial charge in [-0.15, -0.1) is 0 Å². The van der Waals surface area contributed by atoms with Gasteiger partial charge in [-0.2, -0.15) is 0 Å². The molecule has 18 heavy (non-hydrogen) atoms. The van der Waals surface area contributed by atoms with Gasteiger partial charge in [-0.05, 0) is 50.6 Å². The number of carbonyl (C=O) groups is 1. The third-order valence-corrected chi connectivity index (χ3v) is 3.20. The number of carbonyl (C=O) groups excluding carboxylic acids is 1. The molecule has 1 saturated heterocycles. The van der Waals surface area contributed by atoms with Gasteiger partial charge in [-0.1, -0.05) is 0 Å². The maximum Gasteiger partial charge on any atom is 0.251 e. The number of rotatable bonds is 5. The minimum absolute atomic E-state index is 0.0125. The van der Waals surface area contributed by atoms with Crippen LogP contribution in [0.1, 0.15) is 30.1 Å². The Morgan fingerprint density at radius 3 is 2.78 bits per heavy atom. The van der Waals surface area contributed by atoms with Crippen molar-refractivity contribution in [2.75, 3.05) is 25.0 Å². The zero-order chi connectivity index (χ0) is 12.8. The third kappa shape index (κ3) is 3.47. The highest BCUT2D eigenvalue weighted by Gasteiger charge is 2.13. The quantitative estimate of drug-likeness (QED) is 0.741. The molecule has 0 bridgehead atoms. The summed E-state index contributed by atoms with van der Waals surface area (Å²) in [7, 11) is 0. The van der Waals surface area contributed by atoms with Crippen LogP contribution in [0.25, 0.3) is 0 Å². The van der Waals surface area contributed by atoms with E-state index in [0.29, 0.717) is 18.2 Å². The van der Waals surface area contributed by atoms with Crippen molar-refractivity contribution in [3.63, 3.8) is 0 Å². The fourth-order valence-corrected chi connectivity index (χ4v) is 2.17. The topological polar surface area (TPSA) is 53.2 Å². The second-order valence-electron chi connectivity index (χ2n) is 4.61. The minimum atomic E-state index is -0.0125. The molecule has 4 nitrogen and oxygen atoms in total.